The topological polar surface area (TPSA) is 67.4 Å². The molecule has 7 nitrogen and oxygen atoms in total. The summed E-state index contributed by atoms with van der Waals surface area (Å²) in [5.74, 6) is 2.46. The lowest BCUT2D eigenvalue weighted by molar-refractivity contribution is -0.0679. The monoisotopic (exact) mass is 420 g/mol. The highest BCUT2D eigenvalue weighted by atomic mass is 16.5. The molecule has 1 saturated heterocycles. The Morgan fingerprint density at radius 1 is 1.07 bits per heavy atom. The zero-order valence-electron chi connectivity index (χ0n) is 19.4. The van der Waals surface area contributed by atoms with E-state index >= 15 is 0 Å². The van der Waals surface area contributed by atoms with Crippen molar-refractivity contribution in [2.24, 2.45) is 4.99 Å². The molecule has 1 aliphatic rings. The van der Waals surface area contributed by atoms with Gasteiger partial charge in [-0.05, 0) is 58.2 Å². The Balaban J connectivity index is 1.69. The standard InChI is InChI=1S/C23H40N4O3/c1-6-28-21-10-9-20(15-22(21)29-7-2)11-13-26-23(24-5)25-12-8-14-27-16-18(3)30-19(4)17-27/h9-10,15,18-19H,6-8,11-14,16-17H2,1-5H3,(H2,24,25,26). The number of hydrogen-bond acceptors (Lipinski definition) is 5. The van der Waals surface area contributed by atoms with Crippen LogP contribution < -0.4 is 20.1 Å². The lowest BCUT2D eigenvalue weighted by atomic mass is 10.1. The van der Waals surface area contributed by atoms with Crippen LogP contribution in [0.3, 0.4) is 0 Å². The van der Waals surface area contributed by atoms with Crippen LogP contribution in [0.1, 0.15) is 39.7 Å². The molecule has 170 valence electrons. The van der Waals surface area contributed by atoms with Gasteiger partial charge in [-0.25, -0.2) is 0 Å². The molecule has 2 rings (SSSR count). The molecule has 0 amide bonds. The maximum Gasteiger partial charge on any atom is 0.190 e. The van der Waals surface area contributed by atoms with Crippen molar-refractivity contribution in [1.82, 2.24) is 15.5 Å². The van der Waals surface area contributed by atoms with Crippen molar-refractivity contribution >= 4 is 5.96 Å². The van der Waals surface area contributed by atoms with Gasteiger partial charge in [0.15, 0.2) is 17.5 Å². The van der Waals surface area contributed by atoms with Gasteiger partial charge in [-0.3, -0.25) is 9.89 Å². The van der Waals surface area contributed by atoms with Crippen molar-refractivity contribution in [3.8, 4) is 11.5 Å². The lowest BCUT2D eigenvalue weighted by Crippen LogP contribution is -2.46. The smallest absolute Gasteiger partial charge is 0.190 e. The SMILES string of the molecule is CCOc1ccc(CCNC(=NC)NCCCN2CC(C)OC(C)C2)cc1OCC. The first kappa shape index (κ1) is 24.3. The molecular weight excluding hydrogens is 380 g/mol. The van der Waals surface area contributed by atoms with Crippen LogP contribution in [0.25, 0.3) is 0 Å². The summed E-state index contributed by atoms with van der Waals surface area (Å²) in [6.07, 6.45) is 2.61. The Morgan fingerprint density at radius 2 is 1.73 bits per heavy atom. The average molecular weight is 421 g/mol. The minimum atomic E-state index is 0.321. The highest BCUT2D eigenvalue weighted by Gasteiger charge is 2.21. The van der Waals surface area contributed by atoms with Crippen LogP contribution in [-0.2, 0) is 11.2 Å². The second-order valence-corrected chi connectivity index (χ2v) is 7.69. The number of hydrogen-bond donors (Lipinski definition) is 2. The normalized spacial score (nSPS) is 20.1. The summed E-state index contributed by atoms with van der Waals surface area (Å²) in [6, 6.07) is 6.15. The van der Waals surface area contributed by atoms with Crippen LogP contribution in [0.2, 0.25) is 0 Å². The molecule has 0 aliphatic carbocycles. The van der Waals surface area contributed by atoms with E-state index in [4.69, 9.17) is 14.2 Å². The van der Waals surface area contributed by atoms with E-state index in [0.29, 0.717) is 25.4 Å². The van der Waals surface area contributed by atoms with Gasteiger partial charge < -0.3 is 24.8 Å². The van der Waals surface area contributed by atoms with E-state index in [1.165, 1.54) is 5.56 Å². The van der Waals surface area contributed by atoms with Gasteiger partial charge in [-0.1, -0.05) is 6.07 Å². The van der Waals surface area contributed by atoms with Crippen molar-refractivity contribution < 1.29 is 14.2 Å². The van der Waals surface area contributed by atoms with Crippen molar-refractivity contribution in [3.63, 3.8) is 0 Å². The number of aliphatic imine (C=N–C) groups is 1. The third-order valence-electron chi connectivity index (χ3n) is 4.98. The molecule has 30 heavy (non-hydrogen) atoms. The third-order valence-corrected chi connectivity index (χ3v) is 4.98. The predicted molar refractivity (Wildman–Crippen MR) is 123 cm³/mol. The van der Waals surface area contributed by atoms with Crippen LogP contribution in [0, 0.1) is 0 Å². The van der Waals surface area contributed by atoms with Crippen molar-refractivity contribution in [2.75, 3.05) is 53.0 Å². The molecule has 0 aromatic heterocycles. The maximum atomic E-state index is 5.80. The molecule has 0 bridgehead atoms. The lowest BCUT2D eigenvalue weighted by Gasteiger charge is -2.35. The van der Waals surface area contributed by atoms with E-state index in [0.717, 1.165) is 63.0 Å². The van der Waals surface area contributed by atoms with Crippen LogP contribution in [0.5, 0.6) is 11.5 Å². The van der Waals surface area contributed by atoms with Crippen LogP contribution in [0.4, 0.5) is 0 Å². The number of rotatable bonds is 11. The molecule has 0 saturated carbocycles. The molecule has 1 aromatic rings. The first-order valence-corrected chi connectivity index (χ1v) is 11.3. The number of guanidine groups is 1. The fourth-order valence-electron chi connectivity index (χ4n) is 3.77. The summed E-state index contributed by atoms with van der Waals surface area (Å²) in [5, 5.41) is 6.81. The fourth-order valence-corrected chi connectivity index (χ4v) is 3.77. The largest absolute Gasteiger partial charge is 0.490 e. The molecule has 1 heterocycles. The van der Waals surface area contributed by atoms with Gasteiger partial charge in [-0.2, -0.15) is 0 Å². The van der Waals surface area contributed by atoms with E-state index < -0.39 is 0 Å². The van der Waals surface area contributed by atoms with Gasteiger partial charge in [0.2, 0.25) is 0 Å². The molecule has 1 fully saturated rings. The molecule has 2 unspecified atom stereocenters. The first-order valence-electron chi connectivity index (χ1n) is 11.3. The van der Waals surface area contributed by atoms with Gasteiger partial charge in [0.1, 0.15) is 0 Å². The molecule has 0 radical (unpaired) electrons. The minimum Gasteiger partial charge on any atom is -0.490 e. The second-order valence-electron chi connectivity index (χ2n) is 7.69. The summed E-state index contributed by atoms with van der Waals surface area (Å²) in [4.78, 5) is 6.81. The van der Waals surface area contributed by atoms with E-state index in [9.17, 15) is 0 Å². The van der Waals surface area contributed by atoms with Gasteiger partial charge in [0, 0.05) is 39.8 Å². The van der Waals surface area contributed by atoms with Gasteiger partial charge in [0.25, 0.3) is 0 Å². The third kappa shape index (κ3) is 8.40. The van der Waals surface area contributed by atoms with Crippen molar-refractivity contribution in [3.05, 3.63) is 23.8 Å². The summed E-state index contributed by atoms with van der Waals surface area (Å²) in [7, 11) is 1.81. The first-order chi connectivity index (χ1) is 14.5. The zero-order valence-corrected chi connectivity index (χ0v) is 19.4. The van der Waals surface area contributed by atoms with Crippen LogP contribution >= 0.6 is 0 Å². The van der Waals surface area contributed by atoms with Gasteiger partial charge >= 0.3 is 0 Å². The summed E-state index contributed by atoms with van der Waals surface area (Å²) >= 11 is 0. The van der Waals surface area contributed by atoms with Gasteiger partial charge in [-0.15, -0.1) is 0 Å². The van der Waals surface area contributed by atoms with Crippen LogP contribution in [0.15, 0.2) is 23.2 Å². The minimum absolute atomic E-state index is 0.321. The van der Waals surface area contributed by atoms with Crippen molar-refractivity contribution in [1.29, 1.82) is 0 Å². The molecule has 1 aromatic carbocycles. The van der Waals surface area contributed by atoms with E-state index in [2.05, 4.69) is 46.5 Å². The Labute approximate surface area is 182 Å². The average Bonchev–Trinajstić information content (AvgIpc) is 2.71. The molecule has 0 spiro atoms. The van der Waals surface area contributed by atoms with Crippen LogP contribution in [-0.4, -0.2) is 76.1 Å². The van der Waals surface area contributed by atoms with Crippen molar-refractivity contribution in [2.45, 2.75) is 52.7 Å². The summed E-state index contributed by atoms with van der Waals surface area (Å²) in [5.41, 5.74) is 1.21. The predicted octanol–water partition coefficient (Wildman–Crippen LogP) is 2.69. The molecular formula is C23H40N4O3. The zero-order chi connectivity index (χ0) is 21.8. The second kappa shape index (κ2) is 13.3. The highest BCUT2D eigenvalue weighted by Crippen LogP contribution is 2.28. The molecule has 2 N–H and O–H groups in total. The van der Waals surface area contributed by atoms with E-state index in [-0.39, 0.29) is 0 Å². The highest BCUT2D eigenvalue weighted by molar-refractivity contribution is 5.79. The van der Waals surface area contributed by atoms with Gasteiger partial charge in [0.05, 0.1) is 25.4 Å². The number of nitrogens with zero attached hydrogens (tertiary/aromatic N) is 2. The van der Waals surface area contributed by atoms with E-state index in [1.54, 1.807) is 0 Å². The Bertz CT molecular complexity index is 643. The van der Waals surface area contributed by atoms with E-state index in [1.807, 2.05) is 27.0 Å². The Hall–Kier alpha value is -1.99. The Kier molecular flexibility index (Phi) is 10.8. The maximum absolute atomic E-state index is 5.80. The summed E-state index contributed by atoms with van der Waals surface area (Å²) < 4.78 is 17.1. The summed E-state index contributed by atoms with van der Waals surface area (Å²) in [6.45, 7) is 14.3. The number of morpholine rings is 1. The molecule has 7 heteroatoms. The number of nitrogens with one attached hydrogen (secondary N) is 2. The number of ether oxygens (including phenoxy) is 3. The fraction of sp³-hybridized carbons (Fsp3) is 0.696. The molecule has 2 atom stereocenters. The quantitative estimate of drug-likeness (QED) is 0.326. The number of benzene rings is 1. The molecule has 1 aliphatic heterocycles. The Morgan fingerprint density at radius 3 is 2.40 bits per heavy atom.